The number of methoxy groups -OCH3 is 1. The first-order chi connectivity index (χ1) is 17.0. The average Bonchev–Trinajstić information content (AvgIpc) is 2.75. The van der Waals surface area contributed by atoms with Gasteiger partial charge in [-0.15, -0.1) is 0 Å². The van der Waals surface area contributed by atoms with E-state index < -0.39 is 40.8 Å². The lowest BCUT2D eigenvalue weighted by molar-refractivity contribution is -0.139. The molecule has 0 bridgehead atoms. The Hall–Kier alpha value is -3.57. The van der Waals surface area contributed by atoms with Crippen LogP contribution in [0.1, 0.15) is 53.5 Å². The molecule has 2 aromatic rings. The van der Waals surface area contributed by atoms with Crippen LogP contribution in [0.2, 0.25) is 0 Å². The van der Waals surface area contributed by atoms with Crippen molar-refractivity contribution in [3.8, 4) is 17.0 Å². The number of nitrogens with zero attached hydrogens (tertiary/aromatic N) is 2. The molecule has 1 aromatic carbocycles. The Bertz CT molecular complexity index is 1100. The molecule has 1 aromatic heterocycles. The highest BCUT2D eigenvalue weighted by Crippen LogP contribution is 2.39. The molecule has 2 rings (SSSR count). The van der Waals surface area contributed by atoms with E-state index in [4.69, 9.17) is 9.47 Å². The third-order valence-electron chi connectivity index (χ3n) is 4.84. The number of carbonyl (C=O) groups excluding carboxylic acids is 2. The van der Waals surface area contributed by atoms with Crippen molar-refractivity contribution in [2.75, 3.05) is 19.0 Å². The topological polar surface area (TPSA) is 112 Å². The molecule has 1 heterocycles. The highest BCUT2D eigenvalue weighted by molar-refractivity contribution is 5.82. The maximum atomic E-state index is 14.0. The molecule has 0 aliphatic carbocycles. The maximum Gasteiger partial charge on any atom is 0.419 e. The SMILES string of the molecule is COC(=O)Nc1nccc(-c2ccc(OC[C@](C)(CC(C)C)NC(=O)OC(C)(C)C)c(C(F)(F)F)c2)n1. The summed E-state index contributed by atoms with van der Waals surface area (Å²) in [7, 11) is 1.16. The summed E-state index contributed by atoms with van der Waals surface area (Å²) >= 11 is 0. The van der Waals surface area contributed by atoms with E-state index in [0.717, 1.165) is 13.2 Å². The van der Waals surface area contributed by atoms with Crippen LogP contribution in [-0.4, -0.2) is 47.0 Å². The molecular formula is C25H33F3N4O5. The van der Waals surface area contributed by atoms with E-state index in [9.17, 15) is 22.8 Å². The molecular weight excluding hydrogens is 493 g/mol. The number of carbonyl (C=O) groups is 2. The fourth-order valence-corrected chi connectivity index (χ4v) is 3.59. The Labute approximate surface area is 214 Å². The number of rotatable bonds is 8. The van der Waals surface area contributed by atoms with Crippen molar-refractivity contribution in [3.05, 3.63) is 36.0 Å². The Kier molecular flexibility index (Phi) is 9.34. The highest BCUT2D eigenvalue weighted by Gasteiger charge is 2.37. The van der Waals surface area contributed by atoms with Crippen molar-refractivity contribution in [2.45, 2.75) is 65.3 Å². The average molecular weight is 527 g/mol. The lowest BCUT2D eigenvalue weighted by Crippen LogP contribution is -2.52. The van der Waals surface area contributed by atoms with E-state index >= 15 is 0 Å². The van der Waals surface area contributed by atoms with Gasteiger partial charge in [-0.1, -0.05) is 13.8 Å². The second-order valence-corrected chi connectivity index (χ2v) is 10.2. The van der Waals surface area contributed by atoms with Gasteiger partial charge in [0.2, 0.25) is 5.95 Å². The molecule has 0 saturated heterocycles. The Morgan fingerprint density at radius 1 is 1.05 bits per heavy atom. The predicted octanol–water partition coefficient (Wildman–Crippen LogP) is 6.05. The molecule has 2 amide bonds. The van der Waals surface area contributed by atoms with Gasteiger partial charge in [0.15, 0.2) is 0 Å². The zero-order valence-corrected chi connectivity index (χ0v) is 21.9. The van der Waals surface area contributed by atoms with E-state index in [1.165, 1.54) is 24.4 Å². The van der Waals surface area contributed by atoms with Gasteiger partial charge in [0.05, 0.1) is 23.9 Å². The van der Waals surface area contributed by atoms with Crippen LogP contribution in [0.3, 0.4) is 0 Å². The van der Waals surface area contributed by atoms with Crippen LogP contribution >= 0.6 is 0 Å². The number of alkyl carbamates (subject to hydrolysis) is 1. The van der Waals surface area contributed by atoms with Gasteiger partial charge in [-0.25, -0.2) is 19.6 Å². The van der Waals surface area contributed by atoms with Gasteiger partial charge >= 0.3 is 18.4 Å². The number of nitrogens with one attached hydrogen (secondary N) is 2. The van der Waals surface area contributed by atoms with Gasteiger partial charge < -0.3 is 19.5 Å². The van der Waals surface area contributed by atoms with Gasteiger partial charge in [-0.05, 0) is 64.3 Å². The van der Waals surface area contributed by atoms with Gasteiger partial charge in [0.1, 0.15) is 18.0 Å². The van der Waals surface area contributed by atoms with Crippen LogP contribution in [0.5, 0.6) is 5.75 Å². The molecule has 204 valence electrons. The van der Waals surface area contributed by atoms with Crippen molar-refractivity contribution in [3.63, 3.8) is 0 Å². The number of anilines is 1. The van der Waals surface area contributed by atoms with Crippen LogP contribution in [0.15, 0.2) is 30.5 Å². The van der Waals surface area contributed by atoms with Crippen molar-refractivity contribution < 1.29 is 37.0 Å². The Balaban J connectivity index is 2.34. The van der Waals surface area contributed by atoms with Crippen molar-refractivity contribution in [1.82, 2.24) is 15.3 Å². The fraction of sp³-hybridized carbons (Fsp3) is 0.520. The third-order valence-corrected chi connectivity index (χ3v) is 4.84. The standard InChI is InChI=1S/C25H33F3N4O5/c1-15(2)13-24(6,32-22(34)37-23(3,4)5)14-36-19-9-8-16(12-17(19)25(26,27)28)18-10-11-29-20(30-18)31-21(33)35-7/h8-12,15H,13-14H2,1-7H3,(H,32,34)(H,29,30,31,33)/t24-/m0/s1. The molecule has 0 aliphatic rings. The normalized spacial score (nSPS) is 13.5. The number of benzene rings is 1. The lowest BCUT2D eigenvalue weighted by Gasteiger charge is -2.33. The van der Waals surface area contributed by atoms with Crippen LogP contribution in [0.4, 0.5) is 28.7 Å². The van der Waals surface area contributed by atoms with E-state index in [2.05, 4.69) is 25.3 Å². The number of hydrogen-bond acceptors (Lipinski definition) is 7. The van der Waals surface area contributed by atoms with Crippen molar-refractivity contribution in [1.29, 1.82) is 0 Å². The van der Waals surface area contributed by atoms with Crippen LogP contribution in [0, 0.1) is 5.92 Å². The Morgan fingerprint density at radius 3 is 2.30 bits per heavy atom. The molecule has 12 heteroatoms. The summed E-state index contributed by atoms with van der Waals surface area (Å²) in [5.74, 6) is -0.423. The summed E-state index contributed by atoms with van der Waals surface area (Å²) in [5, 5.41) is 5.01. The molecule has 2 N–H and O–H groups in total. The molecule has 9 nitrogen and oxygen atoms in total. The van der Waals surface area contributed by atoms with Crippen LogP contribution in [0.25, 0.3) is 11.3 Å². The van der Waals surface area contributed by atoms with E-state index in [0.29, 0.717) is 6.42 Å². The van der Waals surface area contributed by atoms with E-state index in [1.54, 1.807) is 27.7 Å². The molecule has 0 spiro atoms. The van der Waals surface area contributed by atoms with Gasteiger partial charge in [-0.3, -0.25) is 5.32 Å². The van der Waals surface area contributed by atoms with Gasteiger partial charge in [0, 0.05) is 11.8 Å². The summed E-state index contributed by atoms with van der Waals surface area (Å²) in [6.07, 6.45) is -4.52. The number of halogens is 3. The summed E-state index contributed by atoms with van der Waals surface area (Å²) in [4.78, 5) is 31.7. The minimum Gasteiger partial charge on any atom is -0.491 e. The summed E-state index contributed by atoms with van der Waals surface area (Å²) in [5.41, 5.74) is -2.48. The highest BCUT2D eigenvalue weighted by atomic mass is 19.4. The Morgan fingerprint density at radius 2 is 1.73 bits per heavy atom. The minimum atomic E-state index is -4.74. The third kappa shape index (κ3) is 9.43. The summed E-state index contributed by atoms with van der Waals surface area (Å²) < 4.78 is 57.4. The van der Waals surface area contributed by atoms with Gasteiger partial charge in [-0.2, -0.15) is 13.2 Å². The first kappa shape index (κ1) is 29.7. The first-order valence-electron chi connectivity index (χ1n) is 11.5. The number of aromatic nitrogens is 2. The summed E-state index contributed by atoms with van der Waals surface area (Å²) in [6.45, 7) is 10.5. The molecule has 0 fully saturated rings. The quantitative estimate of drug-likeness (QED) is 0.431. The monoisotopic (exact) mass is 526 g/mol. The lowest BCUT2D eigenvalue weighted by atomic mass is 9.91. The smallest absolute Gasteiger partial charge is 0.419 e. The molecule has 0 radical (unpaired) electrons. The predicted molar refractivity (Wildman–Crippen MR) is 131 cm³/mol. The maximum absolute atomic E-state index is 14.0. The molecule has 0 unspecified atom stereocenters. The number of alkyl halides is 3. The van der Waals surface area contributed by atoms with Crippen LogP contribution in [-0.2, 0) is 15.7 Å². The number of amides is 2. The molecule has 0 aliphatic heterocycles. The second-order valence-electron chi connectivity index (χ2n) is 10.2. The van der Waals surface area contributed by atoms with Gasteiger partial charge in [0.25, 0.3) is 0 Å². The van der Waals surface area contributed by atoms with Crippen molar-refractivity contribution >= 4 is 18.1 Å². The zero-order valence-electron chi connectivity index (χ0n) is 21.9. The fourth-order valence-electron chi connectivity index (χ4n) is 3.59. The summed E-state index contributed by atoms with van der Waals surface area (Å²) in [6, 6.07) is 4.91. The largest absolute Gasteiger partial charge is 0.491 e. The molecule has 37 heavy (non-hydrogen) atoms. The van der Waals surface area contributed by atoms with Crippen molar-refractivity contribution in [2.24, 2.45) is 5.92 Å². The molecule has 1 atom stereocenters. The first-order valence-corrected chi connectivity index (χ1v) is 11.5. The number of ether oxygens (including phenoxy) is 3. The molecule has 0 saturated carbocycles. The minimum absolute atomic E-state index is 0.110. The zero-order chi connectivity index (χ0) is 28.0. The van der Waals surface area contributed by atoms with E-state index in [-0.39, 0.29) is 29.7 Å². The van der Waals surface area contributed by atoms with E-state index in [1.807, 2.05) is 13.8 Å². The number of hydrogen-bond donors (Lipinski definition) is 2. The van der Waals surface area contributed by atoms with Crippen LogP contribution < -0.4 is 15.4 Å². The second kappa shape index (κ2) is 11.7.